The van der Waals surface area contributed by atoms with Crippen LogP contribution in [-0.2, 0) is 4.79 Å². The van der Waals surface area contributed by atoms with Gasteiger partial charge in [-0.15, -0.1) is 0 Å². The maximum atomic E-state index is 13.6. The lowest BCUT2D eigenvalue weighted by atomic mass is 10.1. The number of rotatable bonds is 1. The average Bonchev–Trinajstić information content (AvgIpc) is 2.42. The van der Waals surface area contributed by atoms with E-state index in [1.165, 1.54) is 11.0 Å². The highest BCUT2D eigenvalue weighted by Gasteiger charge is 2.23. The van der Waals surface area contributed by atoms with Gasteiger partial charge in [-0.1, -0.05) is 12.1 Å². The van der Waals surface area contributed by atoms with Crippen LogP contribution >= 0.6 is 0 Å². The first-order chi connectivity index (χ1) is 7.68. The number of hydrogen-bond acceptors (Lipinski definition) is 2. The van der Waals surface area contributed by atoms with Crippen LogP contribution < -0.4 is 10.6 Å². The number of para-hydroxylation sites is 1. The van der Waals surface area contributed by atoms with Gasteiger partial charge in [0.05, 0.1) is 5.69 Å². The monoisotopic (exact) mass is 222 g/mol. The van der Waals surface area contributed by atoms with Crippen molar-refractivity contribution in [1.29, 1.82) is 0 Å². The average molecular weight is 222 g/mol. The molecule has 16 heavy (non-hydrogen) atoms. The summed E-state index contributed by atoms with van der Waals surface area (Å²) in [6.07, 6.45) is 2.05. The van der Waals surface area contributed by atoms with Crippen LogP contribution in [0.2, 0.25) is 0 Å². The Balaban J connectivity index is 2.30. The molecule has 0 saturated carbocycles. The third-order valence-corrected chi connectivity index (χ3v) is 2.83. The molecule has 1 fully saturated rings. The summed E-state index contributed by atoms with van der Waals surface area (Å²) in [6.45, 7) is 0.403. The molecule has 0 bridgehead atoms. The summed E-state index contributed by atoms with van der Waals surface area (Å²) in [5.41, 5.74) is 6.20. The SMILES string of the molecule is NC1CCCC(=O)N(c2ccccc2F)C1. The van der Waals surface area contributed by atoms with Gasteiger partial charge in [0.1, 0.15) is 5.82 Å². The first-order valence-electron chi connectivity index (χ1n) is 5.49. The van der Waals surface area contributed by atoms with E-state index < -0.39 is 0 Å². The lowest BCUT2D eigenvalue weighted by Crippen LogP contribution is -2.39. The summed E-state index contributed by atoms with van der Waals surface area (Å²) < 4.78 is 13.6. The van der Waals surface area contributed by atoms with Crippen LogP contribution in [0.3, 0.4) is 0 Å². The normalized spacial score (nSPS) is 22.0. The Morgan fingerprint density at radius 1 is 1.38 bits per heavy atom. The van der Waals surface area contributed by atoms with Crippen LogP contribution in [0.4, 0.5) is 10.1 Å². The zero-order valence-corrected chi connectivity index (χ0v) is 9.03. The molecule has 1 aromatic carbocycles. The molecular weight excluding hydrogens is 207 g/mol. The van der Waals surface area contributed by atoms with E-state index in [-0.39, 0.29) is 17.8 Å². The van der Waals surface area contributed by atoms with Crippen molar-refractivity contribution in [3.63, 3.8) is 0 Å². The quantitative estimate of drug-likeness (QED) is 0.785. The maximum Gasteiger partial charge on any atom is 0.227 e. The highest BCUT2D eigenvalue weighted by molar-refractivity contribution is 5.93. The smallest absolute Gasteiger partial charge is 0.227 e. The number of nitrogens with two attached hydrogens (primary N) is 1. The minimum atomic E-state index is -0.370. The third kappa shape index (κ3) is 2.22. The second-order valence-corrected chi connectivity index (χ2v) is 4.11. The van der Waals surface area contributed by atoms with Gasteiger partial charge in [0.15, 0.2) is 0 Å². The molecule has 1 heterocycles. The zero-order valence-electron chi connectivity index (χ0n) is 9.03. The van der Waals surface area contributed by atoms with Gasteiger partial charge in [-0.3, -0.25) is 4.79 Å². The van der Waals surface area contributed by atoms with E-state index >= 15 is 0 Å². The summed E-state index contributed by atoms with van der Waals surface area (Å²) in [5, 5.41) is 0. The Morgan fingerprint density at radius 3 is 2.88 bits per heavy atom. The largest absolute Gasteiger partial charge is 0.326 e. The Bertz CT molecular complexity index is 394. The number of nitrogens with zero attached hydrogens (tertiary/aromatic N) is 1. The molecule has 0 aromatic heterocycles. The Labute approximate surface area is 94.0 Å². The minimum absolute atomic E-state index is 0.0435. The van der Waals surface area contributed by atoms with Crippen LogP contribution in [0.1, 0.15) is 19.3 Å². The van der Waals surface area contributed by atoms with E-state index in [0.717, 1.165) is 12.8 Å². The first kappa shape index (κ1) is 11.1. The van der Waals surface area contributed by atoms with Crippen molar-refractivity contribution in [2.45, 2.75) is 25.3 Å². The molecule has 3 nitrogen and oxygen atoms in total. The number of halogens is 1. The van der Waals surface area contributed by atoms with Crippen molar-refractivity contribution in [1.82, 2.24) is 0 Å². The van der Waals surface area contributed by atoms with E-state index in [9.17, 15) is 9.18 Å². The van der Waals surface area contributed by atoms with Crippen molar-refractivity contribution < 1.29 is 9.18 Å². The van der Waals surface area contributed by atoms with Gasteiger partial charge in [0, 0.05) is 19.0 Å². The van der Waals surface area contributed by atoms with Crippen molar-refractivity contribution in [2.75, 3.05) is 11.4 Å². The fourth-order valence-electron chi connectivity index (χ4n) is 1.98. The second kappa shape index (κ2) is 4.61. The number of anilines is 1. The van der Waals surface area contributed by atoms with E-state index in [4.69, 9.17) is 5.73 Å². The van der Waals surface area contributed by atoms with E-state index in [2.05, 4.69) is 0 Å². The lowest BCUT2D eigenvalue weighted by Gasteiger charge is -2.23. The minimum Gasteiger partial charge on any atom is -0.326 e. The number of carbonyl (C=O) groups excluding carboxylic acids is 1. The van der Waals surface area contributed by atoms with Gasteiger partial charge in [-0.05, 0) is 25.0 Å². The lowest BCUT2D eigenvalue weighted by molar-refractivity contribution is -0.118. The van der Waals surface area contributed by atoms with Crippen LogP contribution in [0.25, 0.3) is 0 Å². The van der Waals surface area contributed by atoms with Gasteiger partial charge in [-0.25, -0.2) is 4.39 Å². The van der Waals surface area contributed by atoms with Crippen LogP contribution in [0.15, 0.2) is 24.3 Å². The summed E-state index contributed by atoms with van der Waals surface area (Å²) in [6, 6.07) is 6.25. The summed E-state index contributed by atoms with van der Waals surface area (Å²) >= 11 is 0. The molecule has 1 saturated heterocycles. The molecule has 0 spiro atoms. The Hall–Kier alpha value is -1.42. The molecule has 1 atom stereocenters. The first-order valence-corrected chi connectivity index (χ1v) is 5.49. The van der Waals surface area contributed by atoms with Gasteiger partial charge in [0.25, 0.3) is 0 Å². The number of amides is 1. The summed E-state index contributed by atoms with van der Waals surface area (Å²) in [4.78, 5) is 13.3. The maximum absolute atomic E-state index is 13.6. The van der Waals surface area contributed by atoms with E-state index in [1.807, 2.05) is 0 Å². The molecule has 86 valence electrons. The molecule has 1 unspecified atom stereocenters. The molecule has 0 aliphatic carbocycles. The van der Waals surface area contributed by atoms with Gasteiger partial charge in [0.2, 0.25) is 5.91 Å². The zero-order chi connectivity index (χ0) is 11.5. The van der Waals surface area contributed by atoms with Gasteiger partial charge >= 0.3 is 0 Å². The highest BCUT2D eigenvalue weighted by atomic mass is 19.1. The van der Waals surface area contributed by atoms with Crippen LogP contribution in [0, 0.1) is 5.82 Å². The molecule has 1 amide bonds. The van der Waals surface area contributed by atoms with E-state index in [0.29, 0.717) is 18.7 Å². The number of benzene rings is 1. The number of hydrogen-bond donors (Lipinski definition) is 1. The third-order valence-electron chi connectivity index (χ3n) is 2.83. The number of carbonyl (C=O) groups is 1. The molecule has 4 heteroatoms. The van der Waals surface area contributed by atoms with Crippen molar-refractivity contribution in [2.24, 2.45) is 5.73 Å². The van der Waals surface area contributed by atoms with Gasteiger partial charge in [-0.2, -0.15) is 0 Å². The Morgan fingerprint density at radius 2 is 2.12 bits per heavy atom. The fourth-order valence-corrected chi connectivity index (χ4v) is 1.98. The van der Waals surface area contributed by atoms with Crippen molar-refractivity contribution in [3.05, 3.63) is 30.1 Å². The van der Waals surface area contributed by atoms with Crippen LogP contribution in [0.5, 0.6) is 0 Å². The van der Waals surface area contributed by atoms with Crippen molar-refractivity contribution >= 4 is 11.6 Å². The van der Waals surface area contributed by atoms with Gasteiger partial charge < -0.3 is 10.6 Å². The summed E-state index contributed by atoms with van der Waals surface area (Å²) in [5.74, 6) is -0.414. The molecular formula is C12H15FN2O. The summed E-state index contributed by atoms with van der Waals surface area (Å²) in [7, 11) is 0. The molecule has 2 rings (SSSR count). The standard InChI is InChI=1S/C12H15FN2O/c13-10-5-1-2-6-11(10)15-8-9(14)4-3-7-12(15)16/h1-2,5-6,9H,3-4,7-8,14H2. The molecule has 2 N–H and O–H groups in total. The van der Waals surface area contributed by atoms with E-state index in [1.54, 1.807) is 18.2 Å². The van der Waals surface area contributed by atoms with Crippen molar-refractivity contribution in [3.8, 4) is 0 Å². The Kier molecular flexibility index (Phi) is 3.19. The molecule has 1 aliphatic rings. The second-order valence-electron chi connectivity index (χ2n) is 4.11. The molecule has 1 aliphatic heterocycles. The molecule has 1 aromatic rings. The predicted octanol–water partition coefficient (Wildman–Crippen LogP) is 1.67. The fraction of sp³-hybridized carbons (Fsp3) is 0.417. The predicted molar refractivity (Wildman–Crippen MR) is 60.6 cm³/mol. The molecule has 0 radical (unpaired) electrons. The topological polar surface area (TPSA) is 46.3 Å². The van der Waals surface area contributed by atoms with Crippen LogP contribution in [-0.4, -0.2) is 18.5 Å². The highest BCUT2D eigenvalue weighted by Crippen LogP contribution is 2.22.